The van der Waals surface area contributed by atoms with E-state index in [1.54, 1.807) is 0 Å². The van der Waals surface area contributed by atoms with Crippen LogP contribution in [0.2, 0.25) is 0 Å². The Kier molecular flexibility index (Phi) is 4.74. The van der Waals surface area contributed by atoms with E-state index in [1.165, 1.54) is 19.3 Å². The van der Waals surface area contributed by atoms with E-state index < -0.39 is 0 Å². The van der Waals surface area contributed by atoms with E-state index in [2.05, 4.69) is 26.2 Å². The predicted molar refractivity (Wildman–Crippen MR) is 55.8 cm³/mol. The largest absolute Gasteiger partial charge is 0.380 e. The third kappa shape index (κ3) is 2.96. The highest BCUT2D eigenvalue weighted by Crippen LogP contribution is 2.33. The van der Waals surface area contributed by atoms with Crippen LogP contribution < -0.4 is 5.32 Å². The van der Waals surface area contributed by atoms with Crippen LogP contribution in [-0.2, 0) is 4.74 Å². The zero-order chi connectivity index (χ0) is 9.68. The van der Waals surface area contributed by atoms with Gasteiger partial charge in [0.1, 0.15) is 0 Å². The first kappa shape index (κ1) is 11.0. The van der Waals surface area contributed by atoms with Crippen molar-refractivity contribution >= 4 is 0 Å². The highest BCUT2D eigenvalue weighted by molar-refractivity contribution is 4.83. The Bertz CT molecular complexity index is 138. The standard InChI is InChI=1S/C11H23NO/c1-4-13-8-11(12-3)10-7-5-6-9(10)2/h9-12H,4-8H2,1-3H3. The quantitative estimate of drug-likeness (QED) is 0.708. The van der Waals surface area contributed by atoms with E-state index in [4.69, 9.17) is 4.74 Å². The molecule has 1 N–H and O–H groups in total. The van der Waals surface area contributed by atoms with Crippen molar-refractivity contribution in [2.45, 2.75) is 39.2 Å². The van der Waals surface area contributed by atoms with E-state index >= 15 is 0 Å². The fourth-order valence-electron chi connectivity index (χ4n) is 2.44. The highest BCUT2D eigenvalue weighted by Gasteiger charge is 2.29. The molecule has 2 heteroatoms. The van der Waals surface area contributed by atoms with Gasteiger partial charge in [-0.1, -0.05) is 19.8 Å². The van der Waals surface area contributed by atoms with Crippen LogP contribution >= 0.6 is 0 Å². The summed E-state index contributed by atoms with van der Waals surface area (Å²) < 4.78 is 5.48. The predicted octanol–water partition coefficient (Wildman–Crippen LogP) is 2.05. The Morgan fingerprint density at radius 3 is 2.69 bits per heavy atom. The molecule has 0 bridgehead atoms. The molecule has 1 aliphatic rings. The number of hydrogen-bond donors (Lipinski definition) is 1. The van der Waals surface area contributed by atoms with Gasteiger partial charge in [-0.3, -0.25) is 0 Å². The summed E-state index contributed by atoms with van der Waals surface area (Å²) in [5.41, 5.74) is 0. The van der Waals surface area contributed by atoms with Crippen molar-refractivity contribution in [3.05, 3.63) is 0 Å². The third-order valence-corrected chi connectivity index (χ3v) is 3.32. The maximum Gasteiger partial charge on any atom is 0.0622 e. The average Bonchev–Trinajstić information content (AvgIpc) is 2.54. The zero-order valence-corrected chi connectivity index (χ0v) is 9.18. The Balaban J connectivity index is 2.35. The molecule has 0 aliphatic heterocycles. The molecule has 1 rings (SSSR count). The van der Waals surface area contributed by atoms with Crippen LogP contribution in [-0.4, -0.2) is 26.3 Å². The van der Waals surface area contributed by atoms with Gasteiger partial charge in [0.05, 0.1) is 6.61 Å². The smallest absolute Gasteiger partial charge is 0.0622 e. The maximum atomic E-state index is 5.48. The summed E-state index contributed by atoms with van der Waals surface area (Å²) in [6.07, 6.45) is 4.17. The minimum Gasteiger partial charge on any atom is -0.380 e. The van der Waals surface area contributed by atoms with Gasteiger partial charge >= 0.3 is 0 Å². The van der Waals surface area contributed by atoms with Gasteiger partial charge in [-0.25, -0.2) is 0 Å². The summed E-state index contributed by atoms with van der Waals surface area (Å²) in [5, 5.41) is 3.38. The second-order valence-electron chi connectivity index (χ2n) is 4.13. The van der Waals surface area contributed by atoms with Crippen molar-refractivity contribution in [2.75, 3.05) is 20.3 Å². The lowest BCUT2D eigenvalue weighted by atomic mass is 9.91. The molecule has 0 aromatic rings. The van der Waals surface area contributed by atoms with Crippen LogP contribution in [0.15, 0.2) is 0 Å². The number of nitrogens with one attached hydrogen (secondary N) is 1. The van der Waals surface area contributed by atoms with Gasteiger partial charge in [-0.2, -0.15) is 0 Å². The summed E-state index contributed by atoms with van der Waals surface area (Å²) in [6, 6.07) is 0.567. The first-order valence-corrected chi connectivity index (χ1v) is 5.54. The molecule has 3 atom stereocenters. The Labute approximate surface area is 82.0 Å². The molecule has 0 heterocycles. The monoisotopic (exact) mass is 185 g/mol. The molecule has 1 aliphatic carbocycles. The lowest BCUT2D eigenvalue weighted by molar-refractivity contribution is 0.0984. The van der Waals surface area contributed by atoms with Gasteiger partial charge in [-0.05, 0) is 32.2 Å². The van der Waals surface area contributed by atoms with Crippen molar-refractivity contribution < 1.29 is 4.74 Å². The Morgan fingerprint density at radius 2 is 2.23 bits per heavy atom. The molecule has 3 unspecified atom stereocenters. The lowest BCUT2D eigenvalue weighted by Crippen LogP contribution is -2.38. The van der Waals surface area contributed by atoms with Gasteiger partial charge in [0.2, 0.25) is 0 Å². The second kappa shape index (κ2) is 5.61. The van der Waals surface area contributed by atoms with E-state index in [-0.39, 0.29) is 0 Å². The molecule has 0 saturated heterocycles. The van der Waals surface area contributed by atoms with Crippen LogP contribution in [0.3, 0.4) is 0 Å². The van der Waals surface area contributed by atoms with Gasteiger partial charge < -0.3 is 10.1 Å². The average molecular weight is 185 g/mol. The molecule has 0 amide bonds. The molecule has 2 nitrogen and oxygen atoms in total. The van der Waals surface area contributed by atoms with Crippen LogP contribution in [0.4, 0.5) is 0 Å². The maximum absolute atomic E-state index is 5.48. The molecule has 0 aromatic heterocycles. The Hall–Kier alpha value is -0.0800. The van der Waals surface area contributed by atoms with Crippen LogP contribution in [0.1, 0.15) is 33.1 Å². The number of likely N-dealkylation sites (N-methyl/N-ethyl adjacent to an activating group) is 1. The number of hydrogen-bond acceptors (Lipinski definition) is 2. The van der Waals surface area contributed by atoms with Crippen LogP contribution in [0.5, 0.6) is 0 Å². The third-order valence-electron chi connectivity index (χ3n) is 3.32. The van der Waals surface area contributed by atoms with E-state index in [0.717, 1.165) is 25.0 Å². The molecular weight excluding hydrogens is 162 g/mol. The fraction of sp³-hybridized carbons (Fsp3) is 1.00. The summed E-state index contributed by atoms with van der Waals surface area (Å²) in [6.45, 7) is 6.14. The van der Waals surface area contributed by atoms with Gasteiger partial charge in [0.25, 0.3) is 0 Å². The minimum atomic E-state index is 0.567. The molecule has 1 saturated carbocycles. The van der Waals surface area contributed by atoms with Crippen molar-refractivity contribution in [1.29, 1.82) is 0 Å². The van der Waals surface area contributed by atoms with Crippen molar-refractivity contribution in [2.24, 2.45) is 11.8 Å². The van der Waals surface area contributed by atoms with Gasteiger partial charge in [0, 0.05) is 12.6 Å². The number of ether oxygens (including phenoxy) is 1. The van der Waals surface area contributed by atoms with Gasteiger partial charge in [0.15, 0.2) is 0 Å². The van der Waals surface area contributed by atoms with Crippen LogP contribution in [0.25, 0.3) is 0 Å². The molecule has 0 radical (unpaired) electrons. The molecule has 13 heavy (non-hydrogen) atoms. The molecule has 78 valence electrons. The summed E-state index contributed by atoms with van der Waals surface area (Å²) in [7, 11) is 2.05. The fourth-order valence-corrected chi connectivity index (χ4v) is 2.44. The van der Waals surface area contributed by atoms with E-state index in [0.29, 0.717) is 6.04 Å². The topological polar surface area (TPSA) is 21.3 Å². The molecule has 0 aromatic carbocycles. The van der Waals surface area contributed by atoms with Crippen molar-refractivity contribution in [3.8, 4) is 0 Å². The summed E-state index contributed by atoms with van der Waals surface area (Å²) in [4.78, 5) is 0. The van der Waals surface area contributed by atoms with E-state index in [9.17, 15) is 0 Å². The summed E-state index contributed by atoms with van der Waals surface area (Å²) >= 11 is 0. The van der Waals surface area contributed by atoms with Gasteiger partial charge in [-0.15, -0.1) is 0 Å². The van der Waals surface area contributed by atoms with Crippen LogP contribution in [0, 0.1) is 11.8 Å². The van der Waals surface area contributed by atoms with E-state index in [1.807, 2.05) is 0 Å². The first-order chi connectivity index (χ1) is 6.29. The molecular formula is C11H23NO. The number of rotatable bonds is 5. The lowest BCUT2D eigenvalue weighted by Gasteiger charge is -2.26. The van der Waals surface area contributed by atoms with Crippen molar-refractivity contribution in [1.82, 2.24) is 5.32 Å². The normalized spacial score (nSPS) is 30.7. The zero-order valence-electron chi connectivity index (χ0n) is 9.18. The highest BCUT2D eigenvalue weighted by atomic mass is 16.5. The molecule has 0 spiro atoms. The molecule has 1 fully saturated rings. The minimum absolute atomic E-state index is 0.567. The second-order valence-corrected chi connectivity index (χ2v) is 4.13. The first-order valence-electron chi connectivity index (χ1n) is 5.54. The SMILES string of the molecule is CCOCC(NC)C1CCCC1C. The summed E-state index contributed by atoms with van der Waals surface area (Å²) in [5.74, 6) is 1.70. The van der Waals surface area contributed by atoms with Crippen molar-refractivity contribution in [3.63, 3.8) is 0 Å². The Morgan fingerprint density at radius 1 is 1.46 bits per heavy atom.